The lowest BCUT2D eigenvalue weighted by Crippen LogP contribution is -2.32. The Balaban J connectivity index is 5.54. The van der Waals surface area contributed by atoms with E-state index in [-0.39, 0.29) is 0 Å². The van der Waals surface area contributed by atoms with Crippen molar-refractivity contribution in [3.63, 3.8) is 0 Å². The highest BCUT2D eigenvalue weighted by molar-refractivity contribution is 7.38. The molecule has 0 saturated heterocycles. The molecule has 0 aliphatic carbocycles. The molecule has 0 aliphatic heterocycles. The van der Waals surface area contributed by atoms with Gasteiger partial charge in [-0.1, -0.05) is 56.0 Å². The van der Waals surface area contributed by atoms with E-state index < -0.39 is 0 Å². The van der Waals surface area contributed by atoms with Gasteiger partial charge in [-0.05, 0) is 45.1 Å². The molecule has 1 N–H and O–H groups in total. The summed E-state index contributed by atoms with van der Waals surface area (Å²) in [5, 5.41) is 7.48. The van der Waals surface area contributed by atoms with Crippen LogP contribution in [0.15, 0.2) is 60.4 Å². The molecule has 2 atom stereocenters. The van der Waals surface area contributed by atoms with Crippen molar-refractivity contribution in [3.05, 3.63) is 60.4 Å². The van der Waals surface area contributed by atoms with E-state index in [1.807, 2.05) is 25.2 Å². The van der Waals surface area contributed by atoms with Gasteiger partial charge in [-0.25, -0.2) is 0 Å². The molecule has 0 aromatic heterocycles. The van der Waals surface area contributed by atoms with Gasteiger partial charge >= 0.3 is 0 Å². The molecule has 0 saturated carbocycles. The van der Waals surface area contributed by atoms with Crippen LogP contribution in [0.1, 0.15) is 34.1 Å². The van der Waals surface area contributed by atoms with E-state index in [4.69, 9.17) is 5.41 Å². The van der Waals surface area contributed by atoms with E-state index in [0.717, 1.165) is 26.3 Å². The van der Waals surface area contributed by atoms with Crippen LogP contribution < -0.4 is 0 Å². The monoisotopic (exact) mass is 332 g/mol. The topological polar surface area (TPSA) is 27.1 Å². The minimum Gasteiger partial charge on any atom is -0.364 e. The van der Waals surface area contributed by atoms with Crippen molar-refractivity contribution in [1.82, 2.24) is 4.90 Å². The average Bonchev–Trinajstić information content (AvgIpc) is 2.54. The molecule has 0 radical (unpaired) electrons. The molecule has 3 heteroatoms. The number of nitrogens with one attached hydrogen (secondary N) is 1. The summed E-state index contributed by atoms with van der Waals surface area (Å²) < 4.78 is 0. The predicted molar refractivity (Wildman–Crippen MR) is 109 cm³/mol. The molecule has 2 unspecified atom stereocenters. The first kappa shape index (κ1) is 21.6. The van der Waals surface area contributed by atoms with Gasteiger partial charge in [0, 0.05) is 18.0 Å². The number of hydrogen-bond donors (Lipinski definition) is 1. The third-order valence-corrected chi connectivity index (χ3v) is 4.64. The van der Waals surface area contributed by atoms with Crippen LogP contribution in [0.3, 0.4) is 0 Å². The quantitative estimate of drug-likeness (QED) is 0.228. The van der Waals surface area contributed by atoms with Gasteiger partial charge in [0.25, 0.3) is 0 Å². The van der Waals surface area contributed by atoms with Crippen molar-refractivity contribution < 1.29 is 0 Å². The number of hydrogen-bond acceptors (Lipinski definition) is 2. The fraction of sp³-hybridized carbons (Fsp3) is 0.450. The summed E-state index contributed by atoms with van der Waals surface area (Å²) in [4.78, 5) is 2.24. The molecule has 0 amide bonds. The lowest BCUT2D eigenvalue weighted by molar-refractivity contribution is 0.329. The zero-order chi connectivity index (χ0) is 17.7. The first-order valence-corrected chi connectivity index (χ1v) is 9.84. The zero-order valence-corrected chi connectivity index (χ0v) is 16.3. The van der Waals surface area contributed by atoms with Crippen molar-refractivity contribution in [1.29, 1.82) is 5.41 Å². The molecule has 0 heterocycles. The van der Waals surface area contributed by atoms with Crippen molar-refractivity contribution in [3.8, 4) is 0 Å². The minimum absolute atomic E-state index is 0.330. The van der Waals surface area contributed by atoms with Gasteiger partial charge in [0.1, 0.15) is 0 Å². The van der Waals surface area contributed by atoms with E-state index >= 15 is 0 Å². The highest BCUT2D eigenvalue weighted by atomic mass is 31.1. The average molecular weight is 332 g/mol. The van der Waals surface area contributed by atoms with Crippen LogP contribution in [0.2, 0.25) is 0 Å². The maximum atomic E-state index is 7.48. The first-order chi connectivity index (χ1) is 11.0. The molecule has 0 aromatic rings. The Hall–Kier alpha value is -1.40. The van der Waals surface area contributed by atoms with E-state index in [2.05, 4.69) is 63.2 Å². The Bertz CT molecular complexity index is 470. The summed E-state index contributed by atoms with van der Waals surface area (Å²) in [6, 6.07) is 0.330. The van der Waals surface area contributed by atoms with Crippen LogP contribution in [-0.2, 0) is 0 Å². The number of nitrogens with zero attached hydrogens (tertiary/aromatic N) is 1. The van der Waals surface area contributed by atoms with E-state index in [1.165, 1.54) is 6.21 Å². The minimum atomic E-state index is 0.330. The molecule has 128 valence electrons. The molecule has 0 spiro atoms. The first-order valence-electron chi connectivity index (χ1n) is 8.27. The van der Waals surface area contributed by atoms with Gasteiger partial charge in [0.15, 0.2) is 0 Å². The van der Waals surface area contributed by atoms with Crippen LogP contribution in [0.25, 0.3) is 0 Å². The Morgan fingerprint density at radius 3 is 2.48 bits per heavy atom. The third-order valence-electron chi connectivity index (χ3n) is 3.53. The summed E-state index contributed by atoms with van der Waals surface area (Å²) >= 11 is 0. The summed E-state index contributed by atoms with van der Waals surface area (Å²) in [5.41, 5.74) is 2.89. The highest BCUT2D eigenvalue weighted by Gasteiger charge is 2.14. The number of allylic oxidation sites excluding steroid dienone is 7. The molecule has 0 bridgehead atoms. The maximum absolute atomic E-state index is 7.48. The lowest BCUT2D eigenvalue weighted by atomic mass is 10.1. The molecule has 23 heavy (non-hydrogen) atoms. The Morgan fingerprint density at radius 1 is 1.30 bits per heavy atom. The Labute approximate surface area is 145 Å². The van der Waals surface area contributed by atoms with Crippen molar-refractivity contribution in [2.24, 2.45) is 0 Å². The van der Waals surface area contributed by atoms with Crippen LogP contribution in [-0.4, -0.2) is 36.0 Å². The molecule has 2 nitrogen and oxygen atoms in total. The zero-order valence-electron chi connectivity index (χ0n) is 15.3. The standard InChI is InChI=1S/C20H33N2P/c1-7-9-13-19(8-2)20(22(16-15-21)17(3)4)14-11-10-12-18(5)23-6/h7-10,12-15,17-18,21,23H,2,11,16H2,1,3-6H3/b9-7-,12-10-,19-13+,20-14-,21-15?. The smallest absolute Gasteiger partial charge is 0.0528 e. The van der Waals surface area contributed by atoms with Gasteiger partial charge in [-0.3, -0.25) is 0 Å². The molecule has 0 aromatic carbocycles. The van der Waals surface area contributed by atoms with Crippen molar-refractivity contribution in [2.75, 3.05) is 13.2 Å². The normalized spacial score (nSPS) is 15.2. The second-order valence-corrected chi connectivity index (χ2v) is 7.12. The van der Waals surface area contributed by atoms with Crippen LogP contribution in [0, 0.1) is 5.41 Å². The Morgan fingerprint density at radius 2 is 2.00 bits per heavy atom. The van der Waals surface area contributed by atoms with Crippen molar-refractivity contribution in [2.45, 2.75) is 45.8 Å². The van der Waals surface area contributed by atoms with Crippen molar-refractivity contribution >= 4 is 14.8 Å². The fourth-order valence-electron chi connectivity index (χ4n) is 2.10. The highest BCUT2D eigenvalue weighted by Crippen LogP contribution is 2.21. The largest absolute Gasteiger partial charge is 0.364 e. The molecule has 0 rings (SSSR count). The summed E-state index contributed by atoms with van der Waals surface area (Å²) in [7, 11) is 0.940. The van der Waals surface area contributed by atoms with Crippen LogP contribution >= 0.6 is 8.58 Å². The van der Waals surface area contributed by atoms with Gasteiger partial charge in [-0.2, -0.15) is 0 Å². The third kappa shape index (κ3) is 8.71. The van der Waals surface area contributed by atoms with E-state index in [1.54, 1.807) is 0 Å². The summed E-state index contributed by atoms with van der Waals surface area (Å²) in [6.45, 7) is 15.4. The number of rotatable bonds is 11. The van der Waals surface area contributed by atoms with Crippen LogP contribution in [0.5, 0.6) is 0 Å². The second kappa shape index (κ2) is 13.1. The van der Waals surface area contributed by atoms with E-state index in [0.29, 0.717) is 18.2 Å². The second-order valence-electron chi connectivity index (χ2n) is 5.63. The predicted octanol–water partition coefficient (Wildman–Crippen LogP) is 5.56. The van der Waals surface area contributed by atoms with Crippen LogP contribution in [0.4, 0.5) is 0 Å². The summed E-state index contributed by atoms with van der Waals surface area (Å²) in [6.07, 6.45) is 17.1. The van der Waals surface area contributed by atoms with Gasteiger partial charge in [0.2, 0.25) is 0 Å². The lowest BCUT2D eigenvalue weighted by Gasteiger charge is -2.31. The fourth-order valence-corrected chi connectivity index (χ4v) is 2.43. The van der Waals surface area contributed by atoms with Gasteiger partial charge in [-0.15, -0.1) is 8.58 Å². The molecular weight excluding hydrogens is 299 g/mol. The van der Waals surface area contributed by atoms with Gasteiger partial charge < -0.3 is 10.3 Å². The molecular formula is C20H33N2P. The van der Waals surface area contributed by atoms with E-state index in [9.17, 15) is 0 Å². The maximum Gasteiger partial charge on any atom is 0.0528 e. The Kier molecular flexibility index (Phi) is 12.3. The SMILES string of the molecule is C=CC(=C\C=C/C)/C(=C/C/C=C\C(C)PC)N(CC=N)C(C)C. The molecule has 0 fully saturated rings. The summed E-state index contributed by atoms with van der Waals surface area (Å²) in [5.74, 6) is 0. The van der Waals surface area contributed by atoms with Gasteiger partial charge in [0.05, 0.1) is 6.54 Å². The molecule has 0 aliphatic rings.